The zero-order chi connectivity index (χ0) is 24.8. The van der Waals surface area contributed by atoms with Crippen molar-refractivity contribution in [3.63, 3.8) is 0 Å². The van der Waals surface area contributed by atoms with E-state index in [4.69, 9.17) is 4.42 Å². The van der Waals surface area contributed by atoms with Crippen molar-refractivity contribution in [3.05, 3.63) is 125 Å². The molecule has 3 aromatic carbocycles. The summed E-state index contributed by atoms with van der Waals surface area (Å²) < 4.78 is 20.5. The van der Waals surface area contributed by atoms with E-state index in [0.29, 0.717) is 17.0 Å². The van der Waals surface area contributed by atoms with Gasteiger partial charge in [0.05, 0.1) is 35.3 Å². The van der Waals surface area contributed by atoms with Gasteiger partial charge in [-0.15, -0.1) is 0 Å². The first-order valence-corrected chi connectivity index (χ1v) is 11.3. The Morgan fingerprint density at radius 3 is 2.00 bits per heavy atom. The minimum Gasteiger partial charge on any atom is -0.467 e. The van der Waals surface area contributed by atoms with Crippen molar-refractivity contribution < 1.29 is 23.2 Å². The topological polar surface area (TPSA) is 83.2 Å². The van der Waals surface area contributed by atoms with Crippen LogP contribution in [0.2, 0.25) is 0 Å². The molecule has 0 aliphatic carbocycles. The van der Waals surface area contributed by atoms with Gasteiger partial charge < -0.3 is 9.32 Å². The lowest BCUT2D eigenvalue weighted by atomic mass is 9.99. The highest BCUT2D eigenvalue weighted by molar-refractivity contribution is 6.25. The Morgan fingerprint density at radius 1 is 0.750 bits per heavy atom. The molecular weight excluding hydrogens is 461 g/mol. The summed E-state index contributed by atoms with van der Waals surface area (Å²) in [7, 11) is 0. The van der Waals surface area contributed by atoms with Crippen LogP contribution in [0, 0.1) is 5.82 Å². The average molecular weight is 479 g/mol. The van der Waals surface area contributed by atoms with Gasteiger partial charge in [-0.1, -0.05) is 42.5 Å². The third-order valence-electron chi connectivity index (χ3n) is 6.28. The summed E-state index contributed by atoms with van der Waals surface area (Å²) in [5, 5.41) is 0. The summed E-state index contributed by atoms with van der Waals surface area (Å²) >= 11 is 0. The molecule has 8 heteroatoms. The molecule has 0 radical (unpaired) electrons. The van der Waals surface area contributed by atoms with E-state index >= 15 is 4.39 Å². The number of amides is 3. The molecule has 1 atom stereocenters. The lowest BCUT2D eigenvalue weighted by Crippen LogP contribution is -2.49. The van der Waals surface area contributed by atoms with Crippen molar-refractivity contribution in [2.75, 3.05) is 4.90 Å². The van der Waals surface area contributed by atoms with E-state index in [0.717, 1.165) is 4.90 Å². The molecule has 0 spiro atoms. The van der Waals surface area contributed by atoms with Crippen LogP contribution in [0.3, 0.4) is 0 Å². The largest absolute Gasteiger partial charge is 0.467 e. The maximum Gasteiger partial charge on any atom is 0.273 e. The minimum atomic E-state index is -1.55. The Morgan fingerprint density at radius 2 is 1.36 bits per heavy atom. The van der Waals surface area contributed by atoms with Crippen LogP contribution in [-0.2, 0) is 11.3 Å². The Balaban J connectivity index is 1.57. The highest BCUT2D eigenvalue weighted by Crippen LogP contribution is 2.34. The second kappa shape index (κ2) is 8.42. The van der Waals surface area contributed by atoms with Crippen LogP contribution in [0.15, 0.2) is 101 Å². The van der Waals surface area contributed by atoms with Gasteiger partial charge >= 0.3 is 0 Å². The summed E-state index contributed by atoms with van der Waals surface area (Å²) in [6.45, 7) is 0.0303. The molecule has 0 fully saturated rings. The van der Waals surface area contributed by atoms with Crippen molar-refractivity contribution in [1.82, 2.24) is 4.90 Å². The molecule has 36 heavy (non-hydrogen) atoms. The van der Waals surface area contributed by atoms with E-state index in [9.17, 15) is 14.4 Å². The molecule has 4 aromatic rings. The number of fused-ring (bicyclic) bond motifs is 2. The van der Waals surface area contributed by atoms with E-state index in [1.807, 2.05) is 0 Å². The maximum absolute atomic E-state index is 15.0. The van der Waals surface area contributed by atoms with Crippen LogP contribution in [-0.4, -0.2) is 34.5 Å². The van der Waals surface area contributed by atoms with Gasteiger partial charge in [-0.25, -0.2) is 14.3 Å². The molecule has 7 nitrogen and oxygen atoms in total. The number of hydrogen-bond acceptors (Lipinski definition) is 5. The van der Waals surface area contributed by atoms with E-state index < -0.39 is 29.7 Å². The number of nitrogens with zero attached hydrogens (tertiary/aromatic N) is 3. The SMILES string of the molecule is O=C1[C@H](N2C(=O)c3ccccc3C2=O)N=C(c2ccccc2F)c2ccccc2N1Cc1ccco1. The molecule has 0 bridgehead atoms. The van der Waals surface area contributed by atoms with Gasteiger partial charge in [0.25, 0.3) is 17.7 Å². The number of benzodiazepines with no additional fused rings is 1. The molecule has 0 saturated carbocycles. The first-order valence-electron chi connectivity index (χ1n) is 11.3. The quantitative estimate of drug-likeness (QED) is 0.406. The minimum absolute atomic E-state index is 0.0303. The zero-order valence-corrected chi connectivity index (χ0v) is 18.8. The van der Waals surface area contributed by atoms with E-state index in [1.165, 1.54) is 29.4 Å². The van der Waals surface area contributed by atoms with Crippen LogP contribution >= 0.6 is 0 Å². The lowest BCUT2D eigenvalue weighted by Gasteiger charge is -2.27. The molecular formula is C28H18FN3O4. The summed E-state index contributed by atoms with van der Waals surface area (Å²) in [5.74, 6) is -1.92. The second-order valence-electron chi connectivity index (χ2n) is 8.38. The summed E-state index contributed by atoms with van der Waals surface area (Å²) in [6, 6.07) is 22.8. The molecule has 3 heterocycles. The van der Waals surface area contributed by atoms with E-state index in [2.05, 4.69) is 4.99 Å². The number of hydrogen-bond donors (Lipinski definition) is 0. The Hall–Kier alpha value is -4.85. The van der Waals surface area contributed by atoms with Gasteiger partial charge in [-0.05, 0) is 42.5 Å². The number of para-hydroxylation sites is 1. The molecule has 2 aliphatic heterocycles. The number of carbonyl (C=O) groups excluding carboxylic acids is 3. The summed E-state index contributed by atoms with van der Waals surface area (Å²) in [4.78, 5) is 47.6. The Bertz CT molecular complexity index is 1530. The second-order valence-corrected chi connectivity index (χ2v) is 8.38. The number of imide groups is 1. The van der Waals surface area contributed by atoms with Crippen LogP contribution < -0.4 is 4.90 Å². The Labute approximate surface area is 205 Å². The van der Waals surface area contributed by atoms with Gasteiger partial charge in [0.15, 0.2) is 0 Å². The molecule has 0 saturated heterocycles. The fraction of sp³-hybridized carbons (Fsp3) is 0.0714. The van der Waals surface area contributed by atoms with Crippen LogP contribution in [0.25, 0.3) is 0 Å². The molecule has 0 N–H and O–H groups in total. The first kappa shape index (κ1) is 21.7. The number of benzene rings is 3. The van der Waals surface area contributed by atoms with Crippen LogP contribution in [0.4, 0.5) is 10.1 Å². The van der Waals surface area contributed by atoms with Gasteiger partial charge in [0.2, 0.25) is 6.17 Å². The van der Waals surface area contributed by atoms with Gasteiger partial charge in [-0.3, -0.25) is 14.4 Å². The number of aliphatic imine (C=N–C) groups is 1. The number of halogens is 1. The average Bonchev–Trinajstić information content (AvgIpc) is 3.48. The highest BCUT2D eigenvalue weighted by Gasteiger charge is 2.46. The van der Waals surface area contributed by atoms with Gasteiger partial charge in [0, 0.05) is 11.1 Å². The van der Waals surface area contributed by atoms with Crippen molar-refractivity contribution in [1.29, 1.82) is 0 Å². The van der Waals surface area contributed by atoms with Gasteiger partial charge in [0.1, 0.15) is 11.6 Å². The number of carbonyl (C=O) groups is 3. The third-order valence-corrected chi connectivity index (χ3v) is 6.28. The van der Waals surface area contributed by atoms with Crippen LogP contribution in [0.1, 0.15) is 37.6 Å². The lowest BCUT2D eigenvalue weighted by molar-refractivity contribution is -0.122. The molecule has 176 valence electrons. The summed E-state index contributed by atoms with van der Waals surface area (Å²) in [5.41, 5.74) is 1.65. The predicted octanol–water partition coefficient (Wildman–Crippen LogP) is 4.43. The van der Waals surface area contributed by atoms with E-state index in [-0.39, 0.29) is 28.9 Å². The number of rotatable bonds is 4. The smallest absolute Gasteiger partial charge is 0.273 e. The fourth-order valence-electron chi connectivity index (χ4n) is 4.60. The van der Waals surface area contributed by atoms with Crippen molar-refractivity contribution in [3.8, 4) is 0 Å². The monoisotopic (exact) mass is 479 g/mol. The van der Waals surface area contributed by atoms with Crippen molar-refractivity contribution in [2.45, 2.75) is 12.7 Å². The molecule has 6 rings (SSSR count). The molecule has 1 aromatic heterocycles. The normalized spacial score (nSPS) is 17.1. The third kappa shape index (κ3) is 3.34. The molecule has 0 unspecified atom stereocenters. The van der Waals surface area contributed by atoms with Crippen molar-refractivity contribution in [2.24, 2.45) is 4.99 Å². The predicted molar refractivity (Wildman–Crippen MR) is 129 cm³/mol. The maximum atomic E-state index is 15.0. The number of anilines is 1. The number of furan rings is 1. The highest BCUT2D eigenvalue weighted by atomic mass is 19.1. The Kier molecular flexibility index (Phi) is 5.07. The molecule has 3 amide bonds. The summed E-state index contributed by atoms with van der Waals surface area (Å²) in [6.07, 6.45) is -0.0544. The van der Waals surface area contributed by atoms with Gasteiger partial charge in [-0.2, -0.15) is 0 Å². The standard InChI is InChI=1S/C28H18FN3O4/c29-22-13-5-3-11-20(22)24-21-12-4-6-14-23(21)31(16-17-8-7-15-36-17)28(35)25(30-24)32-26(33)18-9-1-2-10-19(18)27(32)34/h1-15,25H,16H2/t25-/m0/s1. The fourth-order valence-corrected chi connectivity index (χ4v) is 4.60. The molecule has 2 aliphatic rings. The van der Waals surface area contributed by atoms with Crippen LogP contribution in [0.5, 0.6) is 0 Å². The van der Waals surface area contributed by atoms with E-state index in [1.54, 1.807) is 66.7 Å². The van der Waals surface area contributed by atoms with Crippen molar-refractivity contribution >= 4 is 29.1 Å². The first-order chi connectivity index (χ1) is 17.5. The zero-order valence-electron chi connectivity index (χ0n) is 18.8.